The van der Waals surface area contributed by atoms with Gasteiger partial charge in [-0.2, -0.15) is 4.98 Å². The van der Waals surface area contributed by atoms with Crippen LogP contribution in [0.5, 0.6) is 0 Å². The summed E-state index contributed by atoms with van der Waals surface area (Å²) >= 11 is 0. The lowest BCUT2D eigenvalue weighted by Crippen LogP contribution is -2.18. The predicted octanol–water partition coefficient (Wildman–Crippen LogP) is 1.30. The van der Waals surface area contributed by atoms with Crippen LogP contribution in [0.3, 0.4) is 0 Å². The Balaban J connectivity index is 0.00000264. The fraction of sp³-hybridized carbons (Fsp3) is 0.429. The van der Waals surface area contributed by atoms with Crippen LogP contribution in [0.1, 0.15) is 6.92 Å². The number of nitrogens with one attached hydrogen (secondary N) is 2. The largest absolute Gasteiger partial charge is 0.392 e. The smallest absolute Gasteiger partial charge is 0.225 e. The van der Waals surface area contributed by atoms with Gasteiger partial charge in [0.2, 0.25) is 11.9 Å². The van der Waals surface area contributed by atoms with E-state index < -0.39 is 6.10 Å². The second-order valence-electron chi connectivity index (χ2n) is 5.09. The van der Waals surface area contributed by atoms with Gasteiger partial charge in [0.1, 0.15) is 11.0 Å². The lowest BCUT2D eigenvalue weighted by atomic mass is 10.4. The molecule has 2 rings (SSSR count). The van der Waals surface area contributed by atoms with Crippen molar-refractivity contribution in [1.29, 1.82) is 0 Å². The summed E-state index contributed by atoms with van der Waals surface area (Å²) in [5.74, 6) is 1.63. The summed E-state index contributed by atoms with van der Waals surface area (Å²) in [7, 11) is 3.79. The number of hydrogen-bond acceptors (Lipinski definition) is 8. The Morgan fingerprint density at radius 2 is 2.00 bits per heavy atom. The molecule has 0 saturated carbocycles. The van der Waals surface area contributed by atoms with E-state index in [4.69, 9.17) is 0 Å². The molecule has 0 aliphatic carbocycles. The molecule has 0 aliphatic rings. The predicted molar refractivity (Wildman–Crippen MR) is 95.6 cm³/mol. The van der Waals surface area contributed by atoms with Crippen molar-refractivity contribution in [3.8, 4) is 0 Å². The number of anilines is 3. The molecule has 0 radical (unpaired) electrons. The molecule has 9 heteroatoms. The Labute approximate surface area is 141 Å². The lowest BCUT2D eigenvalue weighted by molar-refractivity contribution is 0.208. The molecule has 0 fully saturated rings. The number of halogens is 1. The van der Waals surface area contributed by atoms with Crippen molar-refractivity contribution in [3.05, 3.63) is 18.9 Å². The Morgan fingerprint density at radius 3 is 2.61 bits per heavy atom. The van der Waals surface area contributed by atoms with Crippen LogP contribution in [-0.4, -0.2) is 58.3 Å². The number of fused-ring (bicyclic) bond motifs is 1. The first kappa shape index (κ1) is 18.9. The fourth-order valence-corrected chi connectivity index (χ4v) is 1.79. The van der Waals surface area contributed by atoms with E-state index in [0.717, 1.165) is 0 Å². The number of rotatable bonds is 7. The van der Waals surface area contributed by atoms with Crippen LogP contribution >= 0.6 is 12.4 Å². The van der Waals surface area contributed by atoms with E-state index in [-0.39, 0.29) is 12.4 Å². The van der Waals surface area contributed by atoms with Gasteiger partial charge < -0.3 is 20.6 Å². The average Bonchev–Trinajstić information content (AvgIpc) is 2.49. The molecule has 0 aliphatic heterocycles. The van der Waals surface area contributed by atoms with Crippen LogP contribution in [0.2, 0.25) is 0 Å². The fourth-order valence-electron chi connectivity index (χ4n) is 1.79. The molecule has 2 aromatic heterocycles. The molecule has 23 heavy (non-hydrogen) atoms. The molecule has 0 bridgehead atoms. The summed E-state index contributed by atoms with van der Waals surface area (Å²) < 4.78 is 0. The maximum Gasteiger partial charge on any atom is 0.225 e. The minimum absolute atomic E-state index is 0. The topological polar surface area (TPSA) is 99.1 Å². The van der Waals surface area contributed by atoms with Crippen molar-refractivity contribution >= 4 is 41.2 Å². The third-order valence-electron chi connectivity index (χ3n) is 2.80. The van der Waals surface area contributed by atoms with Gasteiger partial charge in [-0.05, 0) is 6.92 Å². The maximum absolute atomic E-state index is 9.32. The third-order valence-corrected chi connectivity index (χ3v) is 2.80. The molecule has 2 heterocycles. The van der Waals surface area contributed by atoms with Crippen LogP contribution in [0.25, 0.3) is 11.0 Å². The summed E-state index contributed by atoms with van der Waals surface area (Å²) in [6.07, 6.45) is 2.90. The molecule has 8 nitrogen and oxygen atoms in total. The standard InChI is InChI=1S/C14H21N7O.ClH/c1-5-6-15-14-18-10-8-17-13(16-7-9(2)22)19-11(10)12(20-14)21(3)4;/h5,8-9,22H,1,6-7H2,2-4H3,(H,15,18,20)(H,16,17,19);1H. The summed E-state index contributed by atoms with van der Waals surface area (Å²) in [5.41, 5.74) is 1.30. The molecule has 1 unspecified atom stereocenters. The Morgan fingerprint density at radius 1 is 1.26 bits per heavy atom. The van der Waals surface area contributed by atoms with Crippen LogP contribution < -0.4 is 15.5 Å². The molecule has 0 aromatic carbocycles. The molecular weight excluding hydrogens is 318 g/mol. The average molecular weight is 340 g/mol. The van der Waals surface area contributed by atoms with E-state index in [1.165, 1.54) is 0 Å². The normalized spacial score (nSPS) is 11.5. The number of hydrogen-bond donors (Lipinski definition) is 3. The second kappa shape index (κ2) is 8.44. The van der Waals surface area contributed by atoms with Gasteiger partial charge in [0, 0.05) is 27.2 Å². The molecule has 0 spiro atoms. The van der Waals surface area contributed by atoms with Crippen LogP contribution in [-0.2, 0) is 0 Å². The van der Waals surface area contributed by atoms with Gasteiger partial charge in [0.15, 0.2) is 5.82 Å². The van der Waals surface area contributed by atoms with Crippen molar-refractivity contribution in [1.82, 2.24) is 19.9 Å². The zero-order valence-corrected chi connectivity index (χ0v) is 14.3. The van der Waals surface area contributed by atoms with Gasteiger partial charge in [-0.1, -0.05) is 6.08 Å². The molecule has 126 valence electrons. The van der Waals surface area contributed by atoms with Gasteiger partial charge >= 0.3 is 0 Å². The van der Waals surface area contributed by atoms with E-state index in [0.29, 0.717) is 41.8 Å². The second-order valence-corrected chi connectivity index (χ2v) is 5.09. The highest BCUT2D eigenvalue weighted by molar-refractivity contribution is 5.86. The molecule has 1 atom stereocenters. The van der Waals surface area contributed by atoms with Crippen molar-refractivity contribution in [2.75, 3.05) is 42.7 Å². The van der Waals surface area contributed by atoms with Gasteiger partial charge in [-0.15, -0.1) is 19.0 Å². The highest BCUT2D eigenvalue weighted by Gasteiger charge is 2.12. The van der Waals surface area contributed by atoms with E-state index in [9.17, 15) is 5.11 Å². The van der Waals surface area contributed by atoms with E-state index in [2.05, 4.69) is 37.1 Å². The highest BCUT2D eigenvalue weighted by Crippen LogP contribution is 2.22. The Kier molecular flexibility index (Phi) is 6.92. The molecule has 0 saturated heterocycles. The minimum atomic E-state index is -0.477. The summed E-state index contributed by atoms with van der Waals surface area (Å²) in [6, 6.07) is 0. The first-order valence-electron chi connectivity index (χ1n) is 7.00. The molecule has 0 amide bonds. The van der Waals surface area contributed by atoms with Gasteiger partial charge in [-0.25, -0.2) is 15.0 Å². The molecular formula is C14H22ClN7O. The van der Waals surface area contributed by atoms with Crippen LogP contribution in [0, 0.1) is 0 Å². The van der Waals surface area contributed by atoms with Crippen LogP contribution in [0.15, 0.2) is 18.9 Å². The third kappa shape index (κ3) is 4.90. The van der Waals surface area contributed by atoms with Crippen molar-refractivity contribution in [2.45, 2.75) is 13.0 Å². The van der Waals surface area contributed by atoms with E-state index >= 15 is 0 Å². The van der Waals surface area contributed by atoms with Crippen molar-refractivity contribution in [3.63, 3.8) is 0 Å². The number of aliphatic hydroxyl groups is 1. The van der Waals surface area contributed by atoms with Crippen molar-refractivity contribution in [2.24, 2.45) is 0 Å². The van der Waals surface area contributed by atoms with Crippen LogP contribution in [0.4, 0.5) is 17.7 Å². The first-order chi connectivity index (χ1) is 10.5. The zero-order chi connectivity index (χ0) is 16.1. The van der Waals surface area contributed by atoms with E-state index in [1.54, 1.807) is 19.2 Å². The van der Waals surface area contributed by atoms with Gasteiger partial charge in [0.25, 0.3) is 0 Å². The summed E-state index contributed by atoms with van der Waals surface area (Å²) in [6.45, 7) is 6.31. The first-order valence-corrected chi connectivity index (χ1v) is 7.00. The maximum atomic E-state index is 9.32. The highest BCUT2D eigenvalue weighted by atomic mass is 35.5. The van der Waals surface area contributed by atoms with Gasteiger partial charge in [0.05, 0.1) is 12.3 Å². The molecule has 2 aromatic rings. The number of aliphatic hydroxyl groups excluding tert-OH is 1. The van der Waals surface area contributed by atoms with Crippen molar-refractivity contribution < 1.29 is 5.11 Å². The van der Waals surface area contributed by atoms with Gasteiger partial charge in [-0.3, -0.25) is 0 Å². The monoisotopic (exact) mass is 339 g/mol. The Hall–Kier alpha value is -2.19. The SMILES string of the molecule is C=CCNc1nc(N(C)C)c2nc(NCC(C)O)ncc2n1.Cl. The zero-order valence-electron chi connectivity index (χ0n) is 13.4. The Bertz CT molecular complexity index is 663. The number of nitrogens with zero attached hydrogens (tertiary/aromatic N) is 5. The quantitative estimate of drug-likeness (QED) is 0.649. The number of aromatic nitrogens is 4. The molecule has 3 N–H and O–H groups in total. The summed E-state index contributed by atoms with van der Waals surface area (Å²) in [5, 5.41) is 15.4. The summed E-state index contributed by atoms with van der Waals surface area (Å²) in [4.78, 5) is 19.4. The van der Waals surface area contributed by atoms with E-state index in [1.807, 2.05) is 19.0 Å². The lowest BCUT2D eigenvalue weighted by Gasteiger charge is -2.15. The minimum Gasteiger partial charge on any atom is -0.392 e.